The van der Waals surface area contributed by atoms with Gasteiger partial charge in [0, 0.05) is 38.6 Å². The summed E-state index contributed by atoms with van der Waals surface area (Å²) in [5, 5.41) is 2.83. The third-order valence-corrected chi connectivity index (χ3v) is 5.18. The van der Waals surface area contributed by atoms with E-state index in [0.29, 0.717) is 19.6 Å². The van der Waals surface area contributed by atoms with E-state index in [9.17, 15) is 13.2 Å². The van der Waals surface area contributed by atoms with Crippen molar-refractivity contribution >= 4 is 27.5 Å². The fraction of sp³-hybridized carbons (Fsp3) is 0.294. The number of likely N-dealkylation sites (N-methyl/N-ethyl adjacent to an activating group) is 1. The number of nitrogens with zero attached hydrogens (tertiary/aromatic N) is 3. The Kier molecular flexibility index (Phi) is 4.89. The number of fused-ring (bicyclic) bond motifs is 1. The molecule has 1 N–H and O–H groups in total. The Morgan fingerprint density at radius 1 is 1.32 bits per heavy atom. The molecule has 8 heteroatoms. The van der Waals surface area contributed by atoms with E-state index in [-0.39, 0.29) is 23.1 Å². The van der Waals surface area contributed by atoms with E-state index < -0.39 is 10.0 Å². The molecule has 132 valence electrons. The van der Waals surface area contributed by atoms with Crippen LogP contribution in [0, 0.1) is 0 Å². The van der Waals surface area contributed by atoms with Crippen LogP contribution in [-0.4, -0.2) is 57.5 Å². The lowest BCUT2D eigenvalue weighted by molar-refractivity contribution is -0.117. The third-order valence-electron chi connectivity index (χ3n) is 4.03. The van der Waals surface area contributed by atoms with Crippen LogP contribution in [0.1, 0.15) is 0 Å². The number of hydrogen-bond donors (Lipinski definition) is 1. The molecule has 0 aromatic heterocycles. The van der Waals surface area contributed by atoms with E-state index >= 15 is 0 Å². The minimum atomic E-state index is -3.51. The van der Waals surface area contributed by atoms with Gasteiger partial charge in [-0.15, -0.1) is 4.40 Å². The second kappa shape index (κ2) is 7.10. The van der Waals surface area contributed by atoms with Crippen molar-refractivity contribution in [3.63, 3.8) is 0 Å². The van der Waals surface area contributed by atoms with Crippen molar-refractivity contribution < 1.29 is 13.2 Å². The van der Waals surface area contributed by atoms with Crippen LogP contribution in [0.5, 0.6) is 0 Å². The molecule has 7 nitrogen and oxygen atoms in total. The van der Waals surface area contributed by atoms with Gasteiger partial charge in [0.1, 0.15) is 0 Å². The van der Waals surface area contributed by atoms with Crippen LogP contribution in [0.4, 0.5) is 5.69 Å². The first-order valence-electron chi connectivity index (χ1n) is 7.99. The molecule has 0 spiro atoms. The number of sulfonamides is 1. The minimum absolute atomic E-state index is 0.0440. The summed E-state index contributed by atoms with van der Waals surface area (Å²) in [6.45, 7) is 1.37. The summed E-state index contributed by atoms with van der Waals surface area (Å²) in [5.41, 5.74) is 1.33. The van der Waals surface area contributed by atoms with Gasteiger partial charge in [-0.1, -0.05) is 18.2 Å². The highest BCUT2D eigenvalue weighted by Crippen LogP contribution is 2.17. The maximum atomic E-state index is 12.4. The summed E-state index contributed by atoms with van der Waals surface area (Å²) < 4.78 is 27.2. The minimum Gasteiger partial charge on any atom is -0.373 e. The van der Waals surface area contributed by atoms with Gasteiger partial charge in [0.05, 0.1) is 11.3 Å². The molecule has 1 amide bonds. The molecule has 0 unspecified atom stereocenters. The van der Waals surface area contributed by atoms with Crippen LogP contribution in [-0.2, 0) is 14.8 Å². The van der Waals surface area contributed by atoms with Crippen LogP contribution in [0.2, 0.25) is 0 Å². The van der Waals surface area contributed by atoms with E-state index in [0.717, 1.165) is 5.69 Å². The van der Waals surface area contributed by atoms with Crippen LogP contribution < -0.4 is 10.2 Å². The Morgan fingerprint density at radius 3 is 2.84 bits per heavy atom. The smallest absolute Gasteiger partial charge is 0.256 e. The van der Waals surface area contributed by atoms with Gasteiger partial charge >= 0.3 is 0 Å². The fourth-order valence-corrected chi connectivity index (χ4v) is 3.62. The molecule has 0 bridgehead atoms. The predicted molar refractivity (Wildman–Crippen MR) is 97.9 cm³/mol. The maximum absolute atomic E-state index is 12.4. The lowest BCUT2D eigenvalue weighted by Crippen LogP contribution is -2.43. The van der Waals surface area contributed by atoms with Gasteiger partial charge < -0.3 is 15.1 Å². The molecule has 0 fully saturated rings. The molecule has 2 heterocycles. The highest BCUT2D eigenvalue weighted by molar-refractivity contribution is 7.90. The molecule has 3 rings (SSSR count). The lowest BCUT2D eigenvalue weighted by atomic mass is 10.1. The van der Waals surface area contributed by atoms with Crippen LogP contribution in [0.15, 0.2) is 58.7 Å². The molecular formula is C17H20N4O3S. The number of benzene rings is 1. The Morgan fingerprint density at radius 2 is 2.08 bits per heavy atom. The van der Waals surface area contributed by atoms with E-state index in [1.165, 1.54) is 0 Å². The molecule has 1 aromatic rings. The number of para-hydroxylation sites is 1. The number of nitrogens with one attached hydrogen (secondary N) is 1. The summed E-state index contributed by atoms with van der Waals surface area (Å²) in [6.07, 6.45) is 5.04. The van der Waals surface area contributed by atoms with Crippen molar-refractivity contribution in [1.82, 2.24) is 10.2 Å². The first-order valence-corrected chi connectivity index (χ1v) is 9.60. The second-order valence-electron chi connectivity index (χ2n) is 5.83. The molecule has 0 aliphatic carbocycles. The van der Waals surface area contributed by atoms with E-state index in [1.54, 1.807) is 23.3 Å². The van der Waals surface area contributed by atoms with Crippen LogP contribution in [0.3, 0.4) is 0 Å². The summed E-state index contributed by atoms with van der Waals surface area (Å²) >= 11 is 0. The second-order valence-corrected chi connectivity index (χ2v) is 7.58. The number of amidine groups is 1. The Balaban J connectivity index is 1.62. The van der Waals surface area contributed by atoms with E-state index in [2.05, 4.69) is 9.71 Å². The zero-order valence-corrected chi connectivity index (χ0v) is 14.7. The fourth-order valence-electron chi connectivity index (χ4n) is 2.64. The van der Waals surface area contributed by atoms with Gasteiger partial charge in [-0.25, -0.2) is 8.42 Å². The van der Waals surface area contributed by atoms with Crippen LogP contribution in [0.25, 0.3) is 0 Å². The van der Waals surface area contributed by atoms with Crippen LogP contribution >= 0.6 is 0 Å². The van der Waals surface area contributed by atoms with Gasteiger partial charge in [0.25, 0.3) is 15.9 Å². The monoisotopic (exact) mass is 360 g/mol. The molecule has 0 atom stereocenters. The molecule has 2 aliphatic rings. The molecule has 25 heavy (non-hydrogen) atoms. The molecule has 2 aliphatic heterocycles. The molecular weight excluding hydrogens is 340 g/mol. The van der Waals surface area contributed by atoms with Gasteiger partial charge in [-0.3, -0.25) is 4.79 Å². The van der Waals surface area contributed by atoms with Crippen molar-refractivity contribution in [2.24, 2.45) is 4.40 Å². The average Bonchev–Trinajstić information content (AvgIpc) is 2.61. The van der Waals surface area contributed by atoms with Gasteiger partial charge in [-0.2, -0.15) is 0 Å². The summed E-state index contributed by atoms with van der Waals surface area (Å²) in [4.78, 5) is 16.2. The van der Waals surface area contributed by atoms with Crippen molar-refractivity contribution in [1.29, 1.82) is 0 Å². The Hall–Kier alpha value is -2.61. The van der Waals surface area contributed by atoms with E-state index in [4.69, 9.17) is 0 Å². The largest absolute Gasteiger partial charge is 0.373 e. The Bertz CT molecular complexity index is 844. The number of carbonyl (C=O) groups is 1. The van der Waals surface area contributed by atoms with Crippen molar-refractivity contribution in [3.8, 4) is 0 Å². The zero-order valence-electron chi connectivity index (χ0n) is 13.9. The molecule has 0 radical (unpaired) electrons. The zero-order chi connectivity index (χ0) is 17.9. The number of amides is 1. The van der Waals surface area contributed by atoms with E-state index in [1.807, 2.05) is 42.3 Å². The summed E-state index contributed by atoms with van der Waals surface area (Å²) in [7, 11) is -1.56. The first-order chi connectivity index (χ1) is 12.0. The number of allylic oxidation sites excluding steroid dienone is 2. The number of hydrogen-bond acceptors (Lipinski definition) is 5. The van der Waals surface area contributed by atoms with Crippen molar-refractivity contribution in [3.05, 3.63) is 54.3 Å². The topological polar surface area (TPSA) is 82.1 Å². The maximum Gasteiger partial charge on any atom is 0.256 e. The van der Waals surface area contributed by atoms with Crippen molar-refractivity contribution in [2.45, 2.75) is 0 Å². The standard InChI is InChI=1S/C17H20N4O3S/c1-20(14-6-3-2-4-7-14)11-9-18-17(22)15-8-5-10-21-12-13-25(23,24)19-16(15)21/h2-8,10H,9,11-13H2,1H3,(H,18,22). The molecule has 0 saturated carbocycles. The Labute approximate surface area is 147 Å². The first kappa shape index (κ1) is 17.2. The summed E-state index contributed by atoms with van der Waals surface area (Å²) in [5.74, 6) is -0.174. The van der Waals surface area contributed by atoms with Crippen molar-refractivity contribution in [2.75, 3.05) is 37.3 Å². The normalized spacial score (nSPS) is 18.0. The third kappa shape index (κ3) is 4.08. The SMILES string of the molecule is CN(CCNC(=O)C1=CC=CN2CCS(=O)(=O)N=C12)c1ccccc1. The number of carbonyl (C=O) groups excluding carboxylic acids is 1. The van der Waals surface area contributed by atoms with Gasteiger partial charge in [-0.05, 0) is 24.3 Å². The average molecular weight is 360 g/mol. The lowest BCUT2D eigenvalue weighted by Gasteiger charge is -2.28. The number of rotatable bonds is 5. The van der Waals surface area contributed by atoms with Gasteiger partial charge in [0.2, 0.25) is 0 Å². The highest BCUT2D eigenvalue weighted by atomic mass is 32.2. The molecule has 0 saturated heterocycles. The predicted octanol–water partition coefficient (Wildman–Crippen LogP) is 0.737. The van der Waals surface area contributed by atoms with Gasteiger partial charge in [0.15, 0.2) is 5.84 Å². The quantitative estimate of drug-likeness (QED) is 0.837. The molecule has 1 aromatic carbocycles. The summed E-state index contributed by atoms with van der Waals surface area (Å²) in [6, 6.07) is 9.86. The number of anilines is 1. The highest BCUT2D eigenvalue weighted by Gasteiger charge is 2.29.